The van der Waals surface area contributed by atoms with E-state index in [4.69, 9.17) is 0 Å². The Balaban J connectivity index is 2.38. The van der Waals surface area contributed by atoms with E-state index in [1.54, 1.807) is 0 Å². The van der Waals surface area contributed by atoms with Crippen LogP contribution < -0.4 is 10.6 Å². The number of rotatable bonds is 1. The minimum Gasteiger partial charge on any atom is -0.317 e. The largest absolute Gasteiger partial charge is 0.317 e. The molecular weight excluding hydrogens is 124 g/mol. The molecule has 0 amide bonds. The summed E-state index contributed by atoms with van der Waals surface area (Å²) in [5.41, 5.74) is 0. The van der Waals surface area contributed by atoms with Gasteiger partial charge in [0.05, 0.1) is 0 Å². The molecule has 0 aliphatic carbocycles. The first kappa shape index (κ1) is 8.02. The summed E-state index contributed by atoms with van der Waals surface area (Å²) >= 11 is 0. The van der Waals surface area contributed by atoms with Gasteiger partial charge < -0.3 is 10.6 Å². The van der Waals surface area contributed by atoms with E-state index in [1.807, 2.05) is 0 Å². The molecule has 10 heavy (non-hydrogen) atoms. The van der Waals surface area contributed by atoms with Crippen molar-refractivity contribution in [3.05, 3.63) is 0 Å². The van der Waals surface area contributed by atoms with Crippen LogP contribution in [0.3, 0.4) is 0 Å². The summed E-state index contributed by atoms with van der Waals surface area (Å²) in [6.07, 6.45) is 1.26. The van der Waals surface area contributed by atoms with Gasteiger partial charge >= 0.3 is 0 Å². The van der Waals surface area contributed by atoms with E-state index >= 15 is 0 Å². The van der Waals surface area contributed by atoms with E-state index in [2.05, 4.69) is 31.5 Å². The van der Waals surface area contributed by atoms with Crippen molar-refractivity contribution in [3.63, 3.8) is 0 Å². The molecule has 1 fully saturated rings. The lowest BCUT2D eigenvalue weighted by Crippen LogP contribution is -2.49. The maximum absolute atomic E-state index is 3.46. The summed E-state index contributed by atoms with van der Waals surface area (Å²) in [4.78, 5) is 0. The van der Waals surface area contributed by atoms with Gasteiger partial charge in [0.15, 0.2) is 0 Å². The highest BCUT2D eigenvalue weighted by atomic mass is 15.0. The Hall–Kier alpha value is -0.0800. The topological polar surface area (TPSA) is 24.1 Å². The minimum atomic E-state index is 0.689. The molecule has 3 atom stereocenters. The fraction of sp³-hybridized carbons (Fsp3) is 1.00. The third kappa shape index (κ3) is 1.70. The van der Waals surface area contributed by atoms with Crippen molar-refractivity contribution in [2.24, 2.45) is 5.92 Å². The van der Waals surface area contributed by atoms with E-state index in [-0.39, 0.29) is 0 Å². The smallest absolute Gasteiger partial charge is 0.0116 e. The molecule has 2 N–H and O–H groups in total. The normalized spacial score (nSPS) is 41.7. The van der Waals surface area contributed by atoms with Gasteiger partial charge in [-0.2, -0.15) is 0 Å². The fourth-order valence-electron chi connectivity index (χ4n) is 1.63. The van der Waals surface area contributed by atoms with Crippen molar-refractivity contribution in [2.75, 3.05) is 13.6 Å². The summed E-state index contributed by atoms with van der Waals surface area (Å²) in [7, 11) is 2.05. The van der Waals surface area contributed by atoms with E-state index in [0.717, 1.165) is 18.5 Å². The molecule has 0 radical (unpaired) electrons. The van der Waals surface area contributed by atoms with Gasteiger partial charge in [0.25, 0.3) is 0 Å². The predicted molar refractivity (Wildman–Crippen MR) is 44.1 cm³/mol. The maximum atomic E-state index is 3.46. The van der Waals surface area contributed by atoms with Crippen LogP contribution in [-0.2, 0) is 0 Å². The van der Waals surface area contributed by atoms with E-state index in [0.29, 0.717) is 6.04 Å². The highest BCUT2D eigenvalue weighted by Crippen LogP contribution is 2.13. The van der Waals surface area contributed by atoms with Crippen molar-refractivity contribution in [2.45, 2.75) is 32.4 Å². The Morgan fingerprint density at radius 2 is 2.10 bits per heavy atom. The third-order valence-corrected chi connectivity index (χ3v) is 2.45. The molecule has 1 aliphatic heterocycles. The molecular formula is C8H18N2. The van der Waals surface area contributed by atoms with Gasteiger partial charge in [0.2, 0.25) is 0 Å². The van der Waals surface area contributed by atoms with Crippen LogP contribution in [-0.4, -0.2) is 25.7 Å². The Morgan fingerprint density at radius 3 is 2.60 bits per heavy atom. The molecule has 1 saturated heterocycles. The zero-order chi connectivity index (χ0) is 7.56. The van der Waals surface area contributed by atoms with Gasteiger partial charge in [-0.25, -0.2) is 0 Å². The monoisotopic (exact) mass is 142 g/mol. The zero-order valence-electron chi connectivity index (χ0n) is 7.15. The minimum absolute atomic E-state index is 0.689. The lowest BCUT2D eigenvalue weighted by atomic mass is 9.91. The van der Waals surface area contributed by atoms with Crippen LogP contribution >= 0.6 is 0 Å². The van der Waals surface area contributed by atoms with E-state index in [9.17, 15) is 0 Å². The summed E-state index contributed by atoms with van der Waals surface area (Å²) in [5.74, 6) is 0.779. The second kappa shape index (κ2) is 3.35. The van der Waals surface area contributed by atoms with Crippen LogP contribution in [0.1, 0.15) is 20.3 Å². The summed E-state index contributed by atoms with van der Waals surface area (Å²) in [5, 5.41) is 6.80. The quantitative estimate of drug-likeness (QED) is 0.560. The van der Waals surface area contributed by atoms with Crippen LogP contribution in [0, 0.1) is 5.92 Å². The van der Waals surface area contributed by atoms with Crippen LogP contribution in [0.4, 0.5) is 0 Å². The number of hydrogen-bond donors (Lipinski definition) is 2. The molecule has 1 rings (SSSR count). The predicted octanol–water partition coefficient (Wildman–Crippen LogP) is 0.592. The molecule has 0 aromatic heterocycles. The molecule has 0 aromatic rings. The average molecular weight is 142 g/mol. The maximum Gasteiger partial charge on any atom is 0.0116 e. The van der Waals surface area contributed by atoms with Gasteiger partial charge in [0, 0.05) is 12.1 Å². The molecule has 1 aliphatic rings. The molecule has 0 aromatic carbocycles. The zero-order valence-corrected chi connectivity index (χ0v) is 7.15. The first-order valence-corrected chi connectivity index (χ1v) is 4.14. The highest BCUT2D eigenvalue weighted by molar-refractivity contribution is 4.83. The molecule has 0 spiro atoms. The first-order valence-electron chi connectivity index (χ1n) is 4.14. The molecule has 0 saturated carbocycles. The van der Waals surface area contributed by atoms with Gasteiger partial charge in [-0.1, -0.05) is 6.92 Å². The summed E-state index contributed by atoms with van der Waals surface area (Å²) in [6.45, 7) is 5.70. The van der Waals surface area contributed by atoms with Crippen molar-refractivity contribution in [3.8, 4) is 0 Å². The Kier molecular flexibility index (Phi) is 2.69. The summed E-state index contributed by atoms with van der Waals surface area (Å²) < 4.78 is 0. The molecule has 2 nitrogen and oxygen atoms in total. The summed E-state index contributed by atoms with van der Waals surface area (Å²) in [6, 6.07) is 1.41. The van der Waals surface area contributed by atoms with E-state index < -0.39 is 0 Å². The SMILES string of the molecule is CNC1CC(C)NCC1C. The lowest BCUT2D eigenvalue weighted by Gasteiger charge is -2.33. The van der Waals surface area contributed by atoms with Crippen molar-refractivity contribution >= 4 is 0 Å². The Morgan fingerprint density at radius 1 is 1.40 bits per heavy atom. The van der Waals surface area contributed by atoms with Crippen molar-refractivity contribution in [1.29, 1.82) is 0 Å². The lowest BCUT2D eigenvalue weighted by molar-refractivity contribution is 0.268. The molecule has 0 bridgehead atoms. The average Bonchev–Trinajstić information content (AvgIpc) is 1.94. The van der Waals surface area contributed by atoms with Gasteiger partial charge in [0.1, 0.15) is 0 Å². The Bertz CT molecular complexity index is 103. The van der Waals surface area contributed by atoms with Gasteiger partial charge in [-0.3, -0.25) is 0 Å². The van der Waals surface area contributed by atoms with E-state index in [1.165, 1.54) is 6.42 Å². The van der Waals surface area contributed by atoms with Crippen molar-refractivity contribution < 1.29 is 0 Å². The molecule has 60 valence electrons. The third-order valence-electron chi connectivity index (χ3n) is 2.45. The van der Waals surface area contributed by atoms with Gasteiger partial charge in [-0.05, 0) is 32.9 Å². The molecule has 3 unspecified atom stereocenters. The highest BCUT2D eigenvalue weighted by Gasteiger charge is 2.22. The van der Waals surface area contributed by atoms with Crippen molar-refractivity contribution in [1.82, 2.24) is 10.6 Å². The second-order valence-corrected chi connectivity index (χ2v) is 3.42. The Labute approximate surface area is 63.4 Å². The first-order chi connectivity index (χ1) is 4.74. The second-order valence-electron chi connectivity index (χ2n) is 3.42. The standard InChI is InChI=1S/C8H18N2/c1-6-5-10-7(2)4-8(6)9-3/h6-10H,4-5H2,1-3H3. The number of piperidine rings is 1. The van der Waals surface area contributed by atoms with Gasteiger partial charge in [-0.15, -0.1) is 0 Å². The molecule has 1 heterocycles. The van der Waals surface area contributed by atoms with Crippen LogP contribution in [0.15, 0.2) is 0 Å². The fourth-order valence-corrected chi connectivity index (χ4v) is 1.63. The number of hydrogen-bond acceptors (Lipinski definition) is 2. The van der Waals surface area contributed by atoms with Crippen LogP contribution in [0.25, 0.3) is 0 Å². The molecule has 2 heteroatoms. The number of nitrogens with one attached hydrogen (secondary N) is 2. The van der Waals surface area contributed by atoms with Crippen LogP contribution in [0.5, 0.6) is 0 Å². The van der Waals surface area contributed by atoms with Crippen LogP contribution in [0.2, 0.25) is 0 Å².